The fourth-order valence-corrected chi connectivity index (χ4v) is 5.22. The van der Waals surface area contributed by atoms with Crippen LogP contribution in [0.1, 0.15) is 62.4 Å². The van der Waals surface area contributed by atoms with Gasteiger partial charge in [0.15, 0.2) is 0 Å². The Balaban J connectivity index is 1.76. The summed E-state index contributed by atoms with van der Waals surface area (Å²) in [5.41, 5.74) is 3.42. The van der Waals surface area contributed by atoms with Crippen LogP contribution in [-0.4, -0.2) is 47.6 Å². The molecule has 1 aliphatic carbocycles. The summed E-state index contributed by atoms with van der Waals surface area (Å²) >= 11 is 0. The first-order valence-corrected chi connectivity index (χ1v) is 14.7. The third-order valence-electron chi connectivity index (χ3n) is 7.78. The van der Waals surface area contributed by atoms with E-state index in [4.69, 9.17) is 9.47 Å². The van der Waals surface area contributed by atoms with Gasteiger partial charge in [-0.25, -0.2) is 4.79 Å². The average Bonchev–Trinajstić information content (AvgIpc) is 3.68. The highest BCUT2D eigenvalue weighted by Gasteiger charge is 2.48. The van der Waals surface area contributed by atoms with Gasteiger partial charge in [-0.05, 0) is 93.5 Å². The molecule has 4 unspecified atom stereocenters. The number of alkyl carbamates (subject to hydrolysis) is 1. The molecule has 3 aromatic rings. The number of rotatable bonds is 10. The Morgan fingerprint density at radius 3 is 2.19 bits per heavy atom. The van der Waals surface area contributed by atoms with E-state index in [0.717, 1.165) is 28.7 Å². The van der Waals surface area contributed by atoms with Gasteiger partial charge in [-0.15, -0.1) is 0 Å². The lowest BCUT2D eigenvalue weighted by Crippen LogP contribution is -2.54. The van der Waals surface area contributed by atoms with Crippen molar-refractivity contribution in [3.05, 3.63) is 95.1 Å². The largest absolute Gasteiger partial charge is 0.497 e. The molecule has 0 aliphatic heterocycles. The van der Waals surface area contributed by atoms with Gasteiger partial charge in [-0.1, -0.05) is 55.5 Å². The Labute approximate surface area is 254 Å². The molecule has 3 amide bonds. The molecular formula is C35H43N3O5. The first-order chi connectivity index (χ1) is 20.4. The molecule has 4 rings (SSSR count). The molecule has 2 N–H and O–H groups in total. The Hall–Kier alpha value is -4.33. The lowest BCUT2D eigenvalue weighted by atomic mass is 9.94. The van der Waals surface area contributed by atoms with Crippen LogP contribution < -0.4 is 15.4 Å². The van der Waals surface area contributed by atoms with E-state index in [9.17, 15) is 14.4 Å². The van der Waals surface area contributed by atoms with Crippen molar-refractivity contribution in [2.45, 2.75) is 78.1 Å². The van der Waals surface area contributed by atoms with Gasteiger partial charge >= 0.3 is 6.09 Å². The Morgan fingerprint density at radius 1 is 0.953 bits per heavy atom. The average molecular weight is 586 g/mol. The number of aryl methyl sites for hydroxylation is 1. The molecule has 8 heteroatoms. The molecule has 0 radical (unpaired) electrons. The second kappa shape index (κ2) is 13.3. The fourth-order valence-electron chi connectivity index (χ4n) is 5.22. The van der Waals surface area contributed by atoms with Gasteiger partial charge in [0.1, 0.15) is 23.4 Å². The molecule has 0 aromatic heterocycles. The van der Waals surface area contributed by atoms with Crippen molar-refractivity contribution in [2.24, 2.45) is 5.92 Å². The summed E-state index contributed by atoms with van der Waals surface area (Å²) in [4.78, 5) is 43.6. The first-order valence-electron chi connectivity index (χ1n) is 14.7. The SMILES string of the molecule is COc1ccc(NC(=O)C(c2cccc(C)c2C)N(C(=O)C(Cc2ccccc2)NC(=O)OC(C)(C)C)C2CC2C)cc1. The van der Waals surface area contributed by atoms with Crippen molar-refractivity contribution < 1.29 is 23.9 Å². The molecule has 228 valence electrons. The van der Waals surface area contributed by atoms with Gasteiger partial charge in [0.25, 0.3) is 5.91 Å². The number of carbonyl (C=O) groups excluding carboxylic acids is 3. The van der Waals surface area contributed by atoms with E-state index >= 15 is 0 Å². The molecule has 4 atom stereocenters. The lowest BCUT2D eigenvalue weighted by Gasteiger charge is -2.36. The quantitative estimate of drug-likeness (QED) is 0.288. The molecule has 1 fully saturated rings. The van der Waals surface area contributed by atoms with E-state index in [2.05, 4.69) is 17.6 Å². The zero-order valence-corrected chi connectivity index (χ0v) is 26.1. The van der Waals surface area contributed by atoms with Crippen molar-refractivity contribution in [1.82, 2.24) is 10.2 Å². The number of methoxy groups -OCH3 is 1. The smallest absolute Gasteiger partial charge is 0.408 e. The van der Waals surface area contributed by atoms with Gasteiger partial charge in [-0.2, -0.15) is 0 Å². The third-order valence-corrected chi connectivity index (χ3v) is 7.78. The van der Waals surface area contributed by atoms with Crippen LogP contribution in [0.4, 0.5) is 10.5 Å². The van der Waals surface area contributed by atoms with E-state index in [-0.39, 0.29) is 30.2 Å². The molecule has 0 spiro atoms. The maximum atomic E-state index is 14.7. The van der Waals surface area contributed by atoms with Crippen molar-refractivity contribution in [3.8, 4) is 5.75 Å². The first kappa shape index (κ1) is 31.6. The molecule has 8 nitrogen and oxygen atoms in total. The summed E-state index contributed by atoms with van der Waals surface area (Å²) in [6.07, 6.45) is 0.320. The van der Waals surface area contributed by atoms with Gasteiger partial charge in [0.2, 0.25) is 5.91 Å². The molecule has 0 heterocycles. The number of anilines is 1. The van der Waals surface area contributed by atoms with Gasteiger partial charge in [-0.3, -0.25) is 9.59 Å². The van der Waals surface area contributed by atoms with Crippen LogP contribution in [0.3, 0.4) is 0 Å². The van der Waals surface area contributed by atoms with Gasteiger partial charge < -0.3 is 25.0 Å². The predicted octanol–water partition coefficient (Wildman–Crippen LogP) is 6.36. The lowest BCUT2D eigenvalue weighted by molar-refractivity contribution is -0.141. The van der Waals surface area contributed by atoms with E-state index < -0.39 is 23.8 Å². The van der Waals surface area contributed by atoms with E-state index in [1.807, 2.05) is 62.4 Å². The van der Waals surface area contributed by atoms with E-state index in [0.29, 0.717) is 11.4 Å². The molecule has 0 saturated heterocycles. The fraction of sp³-hybridized carbons (Fsp3) is 0.400. The standard InChI is InChI=1S/C35H43N3O5/c1-22-12-11-15-28(24(22)3)31(32(39)36-26-16-18-27(42-7)19-17-26)38(30-20-23(30)2)33(40)29(21-25-13-9-8-10-14-25)37-34(41)43-35(4,5)6/h8-19,23,29-31H,20-21H2,1-7H3,(H,36,39)(H,37,41). The topological polar surface area (TPSA) is 97.0 Å². The second-order valence-electron chi connectivity index (χ2n) is 12.3. The molecule has 1 saturated carbocycles. The van der Waals surface area contributed by atoms with E-state index in [1.165, 1.54) is 0 Å². The number of amides is 3. The Bertz CT molecular complexity index is 1430. The highest BCUT2D eigenvalue weighted by Crippen LogP contribution is 2.42. The highest BCUT2D eigenvalue weighted by atomic mass is 16.6. The summed E-state index contributed by atoms with van der Waals surface area (Å²) in [6, 6.07) is 20.4. The van der Waals surface area contributed by atoms with Crippen molar-refractivity contribution in [2.75, 3.05) is 12.4 Å². The third kappa shape index (κ3) is 8.15. The number of hydrogen-bond donors (Lipinski definition) is 2. The number of ether oxygens (including phenoxy) is 2. The highest BCUT2D eigenvalue weighted by molar-refractivity contribution is 5.99. The normalized spacial score (nSPS) is 17.3. The van der Waals surface area contributed by atoms with Crippen LogP contribution >= 0.6 is 0 Å². The van der Waals surface area contributed by atoms with Crippen LogP contribution in [0.15, 0.2) is 72.8 Å². The van der Waals surface area contributed by atoms with Crippen molar-refractivity contribution in [1.29, 1.82) is 0 Å². The number of nitrogens with zero attached hydrogens (tertiary/aromatic N) is 1. The minimum atomic E-state index is -0.952. The van der Waals surface area contributed by atoms with E-state index in [1.54, 1.807) is 57.0 Å². The van der Waals surface area contributed by atoms with Crippen LogP contribution in [-0.2, 0) is 20.7 Å². The van der Waals surface area contributed by atoms with Crippen LogP contribution in [0.5, 0.6) is 5.75 Å². The molecule has 3 aromatic carbocycles. The molecular weight excluding hydrogens is 542 g/mol. The number of carbonyl (C=O) groups is 3. The molecule has 0 bridgehead atoms. The predicted molar refractivity (Wildman–Crippen MR) is 168 cm³/mol. The minimum Gasteiger partial charge on any atom is -0.497 e. The maximum Gasteiger partial charge on any atom is 0.408 e. The summed E-state index contributed by atoms with van der Waals surface area (Å²) in [5, 5.41) is 5.87. The zero-order chi connectivity index (χ0) is 31.3. The van der Waals surface area contributed by atoms with Gasteiger partial charge in [0.05, 0.1) is 7.11 Å². The summed E-state index contributed by atoms with van der Waals surface area (Å²) < 4.78 is 10.8. The Kier molecular flexibility index (Phi) is 9.79. The van der Waals surface area contributed by atoms with Crippen LogP contribution in [0, 0.1) is 19.8 Å². The monoisotopic (exact) mass is 585 g/mol. The number of hydrogen-bond acceptors (Lipinski definition) is 5. The summed E-state index contributed by atoms with van der Waals surface area (Å²) in [7, 11) is 1.58. The van der Waals surface area contributed by atoms with Crippen molar-refractivity contribution >= 4 is 23.6 Å². The second-order valence-corrected chi connectivity index (χ2v) is 12.3. The molecule has 1 aliphatic rings. The van der Waals surface area contributed by atoms with Crippen LogP contribution in [0.25, 0.3) is 0 Å². The number of nitrogens with one attached hydrogen (secondary N) is 2. The molecule has 43 heavy (non-hydrogen) atoms. The van der Waals surface area contributed by atoms with Crippen LogP contribution in [0.2, 0.25) is 0 Å². The minimum absolute atomic E-state index is 0.169. The van der Waals surface area contributed by atoms with Crippen molar-refractivity contribution in [3.63, 3.8) is 0 Å². The Morgan fingerprint density at radius 2 is 1.60 bits per heavy atom. The summed E-state index contributed by atoms with van der Waals surface area (Å²) in [6.45, 7) is 11.4. The van der Waals surface area contributed by atoms with Gasteiger partial charge in [0, 0.05) is 18.2 Å². The summed E-state index contributed by atoms with van der Waals surface area (Å²) in [5.74, 6) is 0.204. The zero-order valence-electron chi connectivity index (χ0n) is 26.1. The maximum absolute atomic E-state index is 14.7. The number of benzene rings is 3.